The number of phenols is 2. The predicted octanol–water partition coefficient (Wildman–Crippen LogP) is 0.707. The van der Waals surface area contributed by atoms with E-state index >= 15 is 0 Å². The molecule has 1 atom stereocenters. The molecule has 1 rings (SSSR count). The maximum Gasteiger partial charge on any atom is 0.119 e. The SMILES string of the molecule is CC(NCCN)c1cc(O)cc(O)c1. The maximum absolute atomic E-state index is 9.26. The Hall–Kier alpha value is -1.26. The number of hydrogen-bond donors (Lipinski definition) is 4. The van der Waals surface area contributed by atoms with E-state index in [9.17, 15) is 10.2 Å². The number of rotatable bonds is 4. The molecule has 0 aliphatic rings. The Labute approximate surface area is 83.4 Å². The molecule has 0 saturated heterocycles. The van der Waals surface area contributed by atoms with Crippen LogP contribution in [-0.4, -0.2) is 23.3 Å². The molecule has 4 nitrogen and oxygen atoms in total. The van der Waals surface area contributed by atoms with Gasteiger partial charge in [0.15, 0.2) is 0 Å². The lowest BCUT2D eigenvalue weighted by Gasteiger charge is -2.13. The summed E-state index contributed by atoms with van der Waals surface area (Å²) < 4.78 is 0. The van der Waals surface area contributed by atoms with E-state index in [0.717, 1.165) is 5.56 Å². The molecular weight excluding hydrogens is 180 g/mol. The van der Waals surface area contributed by atoms with E-state index in [1.165, 1.54) is 6.07 Å². The lowest BCUT2D eigenvalue weighted by atomic mass is 10.1. The molecule has 1 aromatic rings. The second kappa shape index (κ2) is 4.83. The zero-order valence-corrected chi connectivity index (χ0v) is 8.20. The molecule has 0 aromatic heterocycles. The first kappa shape index (κ1) is 10.8. The highest BCUT2D eigenvalue weighted by Crippen LogP contribution is 2.24. The number of benzene rings is 1. The number of nitrogens with two attached hydrogens (primary N) is 1. The van der Waals surface area contributed by atoms with Gasteiger partial charge < -0.3 is 21.3 Å². The minimum absolute atomic E-state index is 0.0662. The molecule has 0 amide bonds. The summed E-state index contributed by atoms with van der Waals surface area (Å²) in [6, 6.07) is 4.61. The van der Waals surface area contributed by atoms with Crippen molar-refractivity contribution in [2.24, 2.45) is 5.73 Å². The smallest absolute Gasteiger partial charge is 0.119 e. The van der Waals surface area contributed by atoms with E-state index in [4.69, 9.17) is 5.73 Å². The first-order valence-corrected chi connectivity index (χ1v) is 4.60. The average Bonchev–Trinajstić information content (AvgIpc) is 2.12. The van der Waals surface area contributed by atoms with Gasteiger partial charge in [0.2, 0.25) is 0 Å². The van der Waals surface area contributed by atoms with E-state index in [1.54, 1.807) is 12.1 Å². The molecule has 0 aliphatic heterocycles. The fourth-order valence-electron chi connectivity index (χ4n) is 1.29. The highest BCUT2D eigenvalue weighted by Gasteiger charge is 2.06. The van der Waals surface area contributed by atoms with Crippen molar-refractivity contribution in [1.29, 1.82) is 0 Å². The Balaban J connectivity index is 2.73. The molecular formula is C10H16N2O2. The predicted molar refractivity (Wildman–Crippen MR) is 55.2 cm³/mol. The number of phenolic OH excluding ortho intramolecular Hbond substituents is 2. The zero-order chi connectivity index (χ0) is 10.6. The van der Waals surface area contributed by atoms with Crippen molar-refractivity contribution in [3.63, 3.8) is 0 Å². The van der Waals surface area contributed by atoms with Gasteiger partial charge in [-0.2, -0.15) is 0 Å². The third kappa shape index (κ3) is 2.90. The summed E-state index contributed by atoms with van der Waals surface area (Å²) >= 11 is 0. The summed E-state index contributed by atoms with van der Waals surface area (Å²) in [5.41, 5.74) is 6.20. The number of hydrogen-bond acceptors (Lipinski definition) is 4. The van der Waals surface area contributed by atoms with Crippen LogP contribution in [0.2, 0.25) is 0 Å². The van der Waals surface area contributed by atoms with Gasteiger partial charge in [0.05, 0.1) is 0 Å². The van der Waals surface area contributed by atoms with Crippen LogP contribution in [-0.2, 0) is 0 Å². The third-order valence-corrected chi connectivity index (χ3v) is 2.02. The van der Waals surface area contributed by atoms with E-state index in [0.29, 0.717) is 13.1 Å². The third-order valence-electron chi connectivity index (χ3n) is 2.02. The molecule has 78 valence electrons. The van der Waals surface area contributed by atoms with E-state index in [-0.39, 0.29) is 17.5 Å². The standard InChI is InChI=1S/C10H16N2O2/c1-7(12-3-2-11)8-4-9(13)6-10(14)5-8/h4-7,12-14H,2-3,11H2,1H3. The summed E-state index contributed by atoms with van der Waals surface area (Å²) in [4.78, 5) is 0. The normalized spacial score (nSPS) is 12.7. The maximum atomic E-state index is 9.26. The topological polar surface area (TPSA) is 78.5 Å². The number of nitrogens with one attached hydrogen (secondary N) is 1. The van der Waals surface area contributed by atoms with E-state index in [2.05, 4.69) is 5.32 Å². The van der Waals surface area contributed by atoms with Crippen molar-refractivity contribution in [3.05, 3.63) is 23.8 Å². The molecule has 0 radical (unpaired) electrons. The summed E-state index contributed by atoms with van der Waals surface area (Å²) in [5.74, 6) is 0.141. The van der Waals surface area contributed by atoms with Crippen LogP contribution in [0.1, 0.15) is 18.5 Å². The lowest BCUT2D eigenvalue weighted by molar-refractivity contribution is 0.446. The van der Waals surface area contributed by atoms with Crippen LogP contribution in [0.3, 0.4) is 0 Å². The highest BCUT2D eigenvalue weighted by molar-refractivity contribution is 5.37. The van der Waals surface area contributed by atoms with Crippen LogP contribution in [0.25, 0.3) is 0 Å². The molecule has 0 aliphatic carbocycles. The molecule has 0 fully saturated rings. The molecule has 4 heteroatoms. The fourth-order valence-corrected chi connectivity index (χ4v) is 1.29. The van der Waals surface area contributed by atoms with Gasteiger partial charge in [-0.1, -0.05) is 0 Å². The van der Waals surface area contributed by atoms with E-state index in [1.807, 2.05) is 6.92 Å². The second-order valence-corrected chi connectivity index (χ2v) is 3.25. The molecule has 0 spiro atoms. The fraction of sp³-hybridized carbons (Fsp3) is 0.400. The summed E-state index contributed by atoms with van der Waals surface area (Å²) in [7, 11) is 0. The summed E-state index contributed by atoms with van der Waals surface area (Å²) in [5, 5.41) is 21.7. The van der Waals surface area contributed by atoms with Gasteiger partial charge in [-0.15, -0.1) is 0 Å². The number of aromatic hydroxyl groups is 2. The van der Waals surface area contributed by atoms with Crippen molar-refractivity contribution in [1.82, 2.24) is 5.32 Å². The van der Waals surface area contributed by atoms with Gasteiger partial charge in [0.25, 0.3) is 0 Å². The van der Waals surface area contributed by atoms with Crippen molar-refractivity contribution in [2.75, 3.05) is 13.1 Å². The van der Waals surface area contributed by atoms with Gasteiger partial charge in [0.1, 0.15) is 11.5 Å². The van der Waals surface area contributed by atoms with Crippen LogP contribution in [0.15, 0.2) is 18.2 Å². The summed E-state index contributed by atoms with van der Waals surface area (Å²) in [6.45, 7) is 3.22. The van der Waals surface area contributed by atoms with Gasteiger partial charge >= 0.3 is 0 Å². The molecule has 0 bridgehead atoms. The minimum atomic E-state index is 0.0662. The van der Waals surface area contributed by atoms with Crippen LogP contribution in [0, 0.1) is 0 Å². The largest absolute Gasteiger partial charge is 0.508 e. The first-order valence-electron chi connectivity index (χ1n) is 4.60. The van der Waals surface area contributed by atoms with Crippen LogP contribution in [0.4, 0.5) is 0 Å². The molecule has 14 heavy (non-hydrogen) atoms. The quantitative estimate of drug-likeness (QED) is 0.572. The molecule has 5 N–H and O–H groups in total. The monoisotopic (exact) mass is 196 g/mol. The first-order chi connectivity index (χ1) is 6.63. The average molecular weight is 196 g/mol. The van der Waals surface area contributed by atoms with Crippen molar-refractivity contribution < 1.29 is 10.2 Å². The molecule has 0 saturated carbocycles. The van der Waals surface area contributed by atoms with Crippen LogP contribution >= 0.6 is 0 Å². The van der Waals surface area contributed by atoms with Crippen molar-refractivity contribution >= 4 is 0 Å². The van der Waals surface area contributed by atoms with Gasteiger partial charge in [-0.3, -0.25) is 0 Å². The van der Waals surface area contributed by atoms with Crippen LogP contribution < -0.4 is 11.1 Å². The molecule has 1 unspecified atom stereocenters. The lowest BCUT2D eigenvalue weighted by Crippen LogP contribution is -2.25. The van der Waals surface area contributed by atoms with Gasteiger partial charge in [-0.05, 0) is 24.6 Å². The Bertz CT molecular complexity index is 282. The van der Waals surface area contributed by atoms with Crippen LogP contribution in [0.5, 0.6) is 11.5 Å². The Kier molecular flexibility index (Phi) is 3.73. The van der Waals surface area contributed by atoms with Crippen molar-refractivity contribution in [2.45, 2.75) is 13.0 Å². The summed E-state index contributed by atoms with van der Waals surface area (Å²) in [6.07, 6.45) is 0. The zero-order valence-electron chi connectivity index (χ0n) is 8.20. The Morgan fingerprint density at radius 3 is 2.36 bits per heavy atom. The Morgan fingerprint density at radius 1 is 1.29 bits per heavy atom. The van der Waals surface area contributed by atoms with Gasteiger partial charge in [0, 0.05) is 25.2 Å². The van der Waals surface area contributed by atoms with Gasteiger partial charge in [-0.25, -0.2) is 0 Å². The minimum Gasteiger partial charge on any atom is -0.508 e. The van der Waals surface area contributed by atoms with Crippen molar-refractivity contribution in [3.8, 4) is 11.5 Å². The highest BCUT2D eigenvalue weighted by atomic mass is 16.3. The molecule has 1 aromatic carbocycles. The Morgan fingerprint density at radius 2 is 1.86 bits per heavy atom. The second-order valence-electron chi connectivity index (χ2n) is 3.25. The molecule has 0 heterocycles. The van der Waals surface area contributed by atoms with E-state index < -0.39 is 0 Å².